The van der Waals surface area contributed by atoms with Gasteiger partial charge in [0.25, 0.3) is 0 Å². The second-order valence-corrected chi connectivity index (χ2v) is 6.48. The van der Waals surface area contributed by atoms with E-state index in [-0.39, 0.29) is 24.0 Å². The predicted octanol–water partition coefficient (Wildman–Crippen LogP) is 2.82. The average molecular weight is 459 g/mol. The largest absolute Gasteiger partial charge is 0.379 e. The molecule has 1 aromatic rings. The molecule has 3 rings (SSSR count). The lowest BCUT2D eigenvalue weighted by Gasteiger charge is -2.31. The zero-order chi connectivity index (χ0) is 16.6. The van der Waals surface area contributed by atoms with Crippen LogP contribution < -0.4 is 5.32 Å². The third-order valence-electron chi connectivity index (χ3n) is 4.72. The lowest BCUT2D eigenvalue weighted by atomic mass is 10.0. The second kappa shape index (κ2) is 11.0. The number of guanidine groups is 1. The van der Waals surface area contributed by atoms with Gasteiger partial charge in [0.15, 0.2) is 5.96 Å². The molecule has 0 bridgehead atoms. The fraction of sp³-hybridized carbons (Fsp3) is 0.632. The predicted molar refractivity (Wildman–Crippen MR) is 112 cm³/mol. The quantitative estimate of drug-likeness (QED) is 0.308. The molecule has 1 aromatic carbocycles. The van der Waals surface area contributed by atoms with E-state index >= 15 is 0 Å². The number of fused-ring (bicyclic) bond motifs is 1. The van der Waals surface area contributed by atoms with E-state index < -0.39 is 0 Å². The third kappa shape index (κ3) is 6.11. The van der Waals surface area contributed by atoms with Crippen LogP contribution in [0.2, 0.25) is 0 Å². The van der Waals surface area contributed by atoms with Gasteiger partial charge in [-0.1, -0.05) is 24.3 Å². The van der Waals surface area contributed by atoms with Gasteiger partial charge in [-0.15, -0.1) is 24.0 Å². The fourth-order valence-electron chi connectivity index (χ4n) is 3.37. The van der Waals surface area contributed by atoms with Gasteiger partial charge >= 0.3 is 0 Å². The van der Waals surface area contributed by atoms with Crippen molar-refractivity contribution in [2.24, 2.45) is 4.99 Å². The Kier molecular flexibility index (Phi) is 8.98. The van der Waals surface area contributed by atoms with Gasteiger partial charge in [-0.05, 0) is 36.8 Å². The van der Waals surface area contributed by atoms with E-state index in [0.717, 1.165) is 64.7 Å². The summed E-state index contributed by atoms with van der Waals surface area (Å²) in [5.74, 6) is 0.989. The highest BCUT2D eigenvalue weighted by Crippen LogP contribution is 2.18. The van der Waals surface area contributed by atoms with Crippen molar-refractivity contribution in [1.82, 2.24) is 10.2 Å². The Labute approximate surface area is 168 Å². The van der Waals surface area contributed by atoms with E-state index in [1.165, 1.54) is 17.5 Å². The number of aliphatic imine (C=N–C) groups is 1. The first-order valence-electron chi connectivity index (χ1n) is 9.08. The number of hydrogen-bond acceptors (Lipinski definition) is 3. The molecule has 2 aliphatic rings. The first kappa shape index (κ1) is 20.5. The number of halogens is 1. The van der Waals surface area contributed by atoms with Crippen molar-refractivity contribution in [2.45, 2.75) is 38.3 Å². The highest BCUT2D eigenvalue weighted by Gasteiger charge is 2.18. The van der Waals surface area contributed by atoms with Gasteiger partial charge in [0.2, 0.25) is 0 Å². The topological polar surface area (TPSA) is 46.1 Å². The van der Waals surface area contributed by atoms with Crippen LogP contribution in [-0.4, -0.2) is 56.9 Å². The summed E-state index contributed by atoms with van der Waals surface area (Å²) >= 11 is 0. The molecule has 1 saturated heterocycles. The summed E-state index contributed by atoms with van der Waals surface area (Å²) in [6.07, 6.45) is 4.70. The van der Waals surface area contributed by atoms with Gasteiger partial charge in [-0.2, -0.15) is 0 Å². The lowest BCUT2D eigenvalue weighted by Crippen LogP contribution is -2.44. The Morgan fingerprint density at radius 3 is 2.96 bits per heavy atom. The second-order valence-electron chi connectivity index (χ2n) is 6.48. The van der Waals surface area contributed by atoms with Crippen LogP contribution >= 0.6 is 24.0 Å². The minimum absolute atomic E-state index is 0. The molecule has 6 heteroatoms. The van der Waals surface area contributed by atoms with Crippen LogP contribution in [0.1, 0.15) is 30.4 Å². The first-order valence-corrected chi connectivity index (χ1v) is 9.08. The summed E-state index contributed by atoms with van der Waals surface area (Å²) < 4.78 is 11.3. The molecule has 1 atom stereocenters. The van der Waals surface area contributed by atoms with Gasteiger partial charge in [-0.25, -0.2) is 0 Å². The Morgan fingerprint density at radius 1 is 1.36 bits per heavy atom. The molecule has 5 nitrogen and oxygen atoms in total. The zero-order valence-electron chi connectivity index (χ0n) is 15.1. The normalized spacial score (nSPS) is 20.1. The SMILES string of the molecule is CN=C(NCCCOCC1CCCO1)N1CCc2ccccc2C1.I. The summed E-state index contributed by atoms with van der Waals surface area (Å²) in [4.78, 5) is 6.77. The van der Waals surface area contributed by atoms with Gasteiger partial charge in [0.05, 0.1) is 12.7 Å². The molecule has 0 aromatic heterocycles. The molecule has 2 aliphatic heterocycles. The van der Waals surface area contributed by atoms with Crippen LogP contribution in [0.4, 0.5) is 0 Å². The van der Waals surface area contributed by atoms with E-state index in [1.807, 2.05) is 7.05 Å². The molecule has 0 radical (unpaired) electrons. The monoisotopic (exact) mass is 459 g/mol. The van der Waals surface area contributed by atoms with Crippen LogP contribution in [0.3, 0.4) is 0 Å². The van der Waals surface area contributed by atoms with Crippen molar-refractivity contribution < 1.29 is 9.47 Å². The fourth-order valence-corrected chi connectivity index (χ4v) is 3.37. The molecule has 0 spiro atoms. The number of rotatable bonds is 6. The Hall–Kier alpha value is -0.860. The van der Waals surface area contributed by atoms with Gasteiger partial charge in [0, 0.05) is 39.9 Å². The Bertz CT molecular complexity index is 547. The summed E-state index contributed by atoms with van der Waals surface area (Å²) in [6.45, 7) is 5.24. The van der Waals surface area contributed by atoms with Crippen molar-refractivity contribution in [3.8, 4) is 0 Å². The van der Waals surface area contributed by atoms with Gasteiger partial charge in [0.1, 0.15) is 0 Å². The van der Waals surface area contributed by atoms with E-state index in [0.29, 0.717) is 6.10 Å². The Morgan fingerprint density at radius 2 is 2.20 bits per heavy atom. The van der Waals surface area contributed by atoms with Crippen LogP contribution in [0.5, 0.6) is 0 Å². The van der Waals surface area contributed by atoms with Crippen LogP contribution in [-0.2, 0) is 22.4 Å². The van der Waals surface area contributed by atoms with Gasteiger partial charge < -0.3 is 19.7 Å². The van der Waals surface area contributed by atoms with Gasteiger partial charge in [-0.3, -0.25) is 4.99 Å². The van der Waals surface area contributed by atoms with Crippen molar-refractivity contribution in [3.05, 3.63) is 35.4 Å². The molecule has 0 saturated carbocycles. The molecule has 0 aliphatic carbocycles. The number of nitrogens with one attached hydrogen (secondary N) is 1. The molecule has 0 amide bonds. The van der Waals surface area contributed by atoms with Crippen molar-refractivity contribution in [3.63, 3.8) is 0 Å². The molecule has 1 fully saturated rings. The molecular weight excluding hydrogens is 429 g/mol. The smallest absolute Gasteiger partial charge is 0.193 e. The highest BCUT2D eigenvalue weighted by atomic mass is 127. The highest BCUT2D eigenvalue weighted by molar-refractivity contribution is 14.0. The van der Waals surface area contributed by atoms with Crippen molar-refractivity contribution in [2.75, 3.05) is 40.0 Å². The minimum atomic E-state index is 0. The number of hydrogen-bond donors (Lipinski definition) is 1. The summed E-state index contributed by atoms with van der Waals surface area (Å²) in [5.41, 5.74) is 2.87. The molecule has 25 heavy (non-hydrogen) atoms. The van der Waals surface area contributed by atoms with E-state index in [9.17, 15) is 0 Å². The van der Waals surface area contributed by atoms with E-state index in [2.05, 4.69) is 39.5 Å². The van der Waals surface area contributed by atoms with Crippen LogP contribution in [0.15, 0.2) is 29.3 Å². The maximum Gasteiger partial charge on any atom is 0.193 e. The van der Waals surface area contributed by atoms with Crippen LogP contribution in [0.25, 0.3) is 0 Å². The zero-order valence-corrected chi connectivity index (χ0v) is 17.4. The minimum Gasteiger partial charge on any atom is -0.379 e. The average Bonchev–Trinajstić information content (AvgIpc) is 3.14. The van der Waals surface area contributed by atoms with E-state index in [4.69, 9.17) is 9.47 Å². The first-order chi connectivity index (χ1) is 11.9. The molecule has 1 N–H and O–H groups in total. The summed E-state index contributed by atoms with van der Waals surface area (Å²) in [5, 5.41) is 3.46. The third-order valence-corrected chi connectivity index (χ3v) is 4.72. The standard InChI is InChI=1S/C19H29N3O2.HI/c1-20-19(21-10-5-12-23-15-18-8-4-13-24-18)22-11-9-16-6-2-3-7-17(16)14-22;/h2-3,6-7,18H,4-5,8-15H2,1H3,(H,20,21);1H. The van der Waals surface area contributed by atoms with Crippen LogP contribution in [0, 0.1) is 0 Å². The lowest BCUT2D eigenvalue weighted by molar-refractivity contribution is 0.0168. The summed E-state index contributed by atoms with van der Waals surface area (Å²) in [7, 11) is 1.86. The number of ether oxygens (including phenoxy) is 2. The van der Waals surface area contributed by atoms with Crippen molar-refractivity contribution in [1.29, 1.82) is 0 Å². The summed E-state index contributed by atoms with van der Waals surface area (Å²) in [6, 6.07) is 8.68. The van der Waals surface area contributed by atoms with E-state index in [1.54, 1.807) is 0 Å². The number of nitrogens with zero attached hydrogens (tertiary/aromatic N) is 2. The molecule has 2 heterocycles. The molecule has 140 valence electrons. The molecular formula is C19H30IN3O2. The maximum absolute atomic E-state index is 5.71. The Balaban J connectivity index is 0.00000225. The maximum atomic E-state index is 5.71. The van der Waals surface area contributed by atoms with Crippen molar-refractivity contribution >= 4 is 29.9 Å². The number of benzene rings is 1. The molecule has 1 unspecified atom stereocenters.